The molecule has 0 fully saturated rings. The first-order valence-electron chi connectivity index (χ1n) is 5.99. The molecule has 0 amide bonds. The highest BCUT2D eigenvalue weighted by molar-refractivity contribution is 9.11. The summed E-state index contributed by atoms with van der Waals surface area (Å²) >= 11 is 10.9. The summed E-state index contributed by atoms with van der Waals surface area (Å²) in [6.07, 6.45) is 1.91. The zero-order valence-corrected chi connectivity index (χ0v) is 15.0. The lowest BCUT2D eigenvalue weighted by Gasteiger charge is -2.08. The van der Waals surface area contributed by atoms with Crippen molar-refractivity contribution in [2.45, 2.75) is 11.3 Å². The Morgan fingerprint density at radius 1 is 1.43 bits per heavy atom. The molecule has 2 aromatic rings. The molecule has 2 N–H and O–H groups in total. The second-order valence-corrected chi connectivity index (χ2v) is 8.83. The zero-order chi connectivity index (χ0) is 15.5. The summed E-state index contributed by atoms with van der Waals surface area (Å²) in [4.78, 5) is 5.12. The average molecular weight is 411 g/mol. The summed E-state index contributed by atoms with van der Waals surface area (Å²) in [6, 6.07) is 5.28. The van der Waals surface area contributed by atoms with Crippen molar-refractivity contribution in [1.82, 2.24) is 9.71 Å². The van der Waals surface area contributed by atoms with E-state index in [1.54, 1.807) is 18.4 Å². The maximum absolute atomic E-state index is 12.1. The molecular weight excluding hydrogens is 398 g/mol. The smallest absolute Gasteiger partial charge is 0.242 e. The van der Waals surface area contributed by atoms with E-state index in [1.807, 2.05) is 12.1 Å². The van der Waals surface area contributed by atoms with E-state index in [-0.39, 0.29) is 9.92 Å². The Kier molecular flexibility index (Phi) is 5.61. The second-order valence-electron chi connectivity index (χ2n) is 4.11. The van der Waals surface area contributed by atoms with Gasteiger partial charge in [0.2, 0.25) is 10.0 Å². The summed E-state index contributed by atoms with van der Waals surface area (Å²) in [5, 5.41) is 3.05. The van der Waals surface area contributed by atoms with Crippen LogP contribution in [0.1, 0.15) is 4.88 Å². The molecule has 0 aliphatic heterocycles. The van der Waals surface area contributed by atoms with Crippen LogP contribution in [0.5, 0.6) is 0 Å². The van der Waals surface area contributed by atoms with Crippen molar-refractivity contribution in [2.75, 3.05) is 18.9 Å². The van der Waals surface area contributed by atoms with E-state index in [0.717, 1.165) is 8.66 Å². The third-order valence-electron chi connectivity index (χ3n) is 2.66. The van der Waals surface area contributed by atoms with Crippen LogP contribution < -0.4 is 10.0 Å². The van der Waals surface area contributed by atoms with Crippen molar-refractivity contribution in [1.29, 1.82) is 0 Å². The van der Waals surface area contributed by atoms with Crippen molar-refractivity contribution >= 4 is 54.7 Å². The van der Waals surface area contributed by atoms with E-state index >= 15 is 0 Å². The first-order valence-corrected chi connectivity index (χ1v) is 9.46. The number of halogens is 2. The molecule has 0 saturated heterocycles. The number of aromatic nitrogens is 1. The number of hydrogen-bond donors (Lipinski definition) is 2. The Bertz CT molecular complexity index is 734. The molecular formula is C12H13BrClN3O2S2. The molecule has 0 bridgehead atoms. The van der Waals surface area contributed by atoms with Gasteiger partial charge >= 0.3 is 0 Å². The lowest BCUT2D eigenvalue weighted by atomic mass is 10.3. The minimum Gasteiger partial charge on any atom is -0.372 e. The molecule has 2 rings (SSSR count). The van der Waals surface area contributed by atoms with Gasteiger partial charge in [-0.15, -0.1) is 11.3 Å². The Balaban J connectivity index is 2.02. The van der Waals surface area contributed by atoms with Crippen LogP contribution in [0, 0.1) is 0 Å². The van der Waals surface area contributed by atoms with Gasteiger partial charge in [0.25, 0.3) is 0 Å². The number of thiophene rings is 1. The van der Waals surface area contributed by atoms with Gasteiger partial charge in [0, 0.05) is 24.7 Å². The molecule has 0 saturated carbocycles. The lowest BCUT2D eigenvalue weighted by Crippen LogP contribution is -2.26. The number of nitrogens with zero attached hydrogens (tertiary/aromatic N) is 1. The zero-order valence-electron chi connectivity index (χ0n) is 11.1. The average Bonchev–Trinajstić information content (AvgIpc) is 2.84. The maximum atomic E-state index is 12.1. The van der Waals surface area contributed by atoms with Gasteiger partial charge in [-0.2, -0.15) is 0 Å². The minimum absolute atomic E-state index is 0.0545. The van der Waals surface area contributed by atoms with E-state index in [0.29, 0.717) is 18.8 Å². The van der Waals surface area contributed by atoms with Crippen LogP contribution in [-0.4, -0.2) is 27.0 Å². The molecule has 0 unspecified atom stereocenters. The fraction of sp³-hybridized carbons (Fsp3) is 0.250. The Hall–Kier alpha value is -0.670. The molecule has 0 aromatic carbocycles. The van der Waals surface area contributed by atoms with E-state index < -0.39 is 10.0 Å². The van der Waals surface area contributed by atoms with E-state index in [9.17, 15) is 8.42 Å². The van der Waals surface area contributed by atoms with Gasteiger partial charge in [-0.05, 0) is 40.5 Å². The minimum atomic E-state index is -3.60. The number of hydrogen-bond acceptors (Lipinski definition) is 5. The molecule has 114 valence electrons. The van der Waals surface area contributed by atoms with Crippen LogP contribution in [0.15, 0.2) is 33.1 Å². The number of nitrogens with one attached hydrogen (secondary N) is 2. The first kappa shape index (κ1) is 16.7. The van der Waals surface area contributed by atoms with Crippen LogP contribution in [0.25, 0.3) is 0 Å². The second kappa shape index (κ2) is 7.06. The SMILES string of the molecule is CNc1ncc(S(=O)(=O)NCCc2ccc(Br)s2)cc1Cl. The highest BCUT2D eigenvalue weighted by Crippen LogP contribution is 2.23. The predicted octanol–water partition coefficient (Wildman–Crippen LogP) is 3.12. The molecule has 9 heteroatoms. The monoisotopic (exact) mass is 409 g/mol. The predicted molar refractivity (Wildman–Crippen MR) is 89.7 cm³/mol. The van der Waals surface area contributed by atoms with Crippen LogP contribution in [0.2, 0.25) is 5.02 Å². The fourth-order valence-corrected chi connectivity index (χ4v) is 4.44. The van der Waals surface area contributed by atoms with E-state index in [4.69, 9.17) is 11.6 Å². The standard InChI is InChI=1S/C12H13BrClN3O2S2/c1-15-12-10(14)6-9(7-16-12)21(18,19)17-5-4-8-2-3-11(13)20-8/h2-3,6-7,17H,4-5H2,1H3,(H,15,16). The maximum Gasteiger partial charge on any atom is 0.242 e. The van der Waals surface area contributed by atoms with Gasteiger partial charge in [0.1, 0.15) is 10.7 Å². The molecule has 21 heavy (non-hydrogen) atoms. The normalized spacial score (nSPS) is 11.6. The van der Waals surface area contributed by atoms with Gasteiger partial charge in [0.05, 0.1) is 8.81 Å². The van der Waals surface area contributed by atoms with E-state index in [2.05, 4.69) is 31.0 Å². The fourth-order valence-electron chi connectivity index (χ4n) is 1.63. The number of anilines is 1. The van der Waals surface area contributed by atoms with Crippen LogP contribution >= 0.6 is 38.9 Å². The summed E-state index contributed by atoms with van der Waals surface area (Å²) < 4.78 is 27.9. The molecule has 0 spiro atoms. The van der Waals surface area contributed by atoms with Crippen molar-refractivity contribution in [3.63, 3.8) is 0 Å². The molecule has 0 radical (unpaired) electrons. The quantitative estimate of drug-likeness (QED) is 0.767. The largest absolute Gasteiger partial charge is 0.372 e. The van der Waals surface area contributed by atoms with E-state index in [1.165, 1.54) is 12.3 Å². The molecule has 5 nitrogen and oxygen atoms in total. The van der Waals surface area contributed by atoms with Gasteiger partial charge < -0.3 is 5.32 Å². The summed E-state index contributed by atoms with van der Waals surface area (Å²) in [7, 11) is -1.94. The van der Waals surface area contributed by atoms with Crippen LogP contribution in [0.4, 0.5) is 5.82 Å². The van der Waals surface area contributed by atoms with Crippen molar-refractivity contribution in [3.05, 3.63) is 38.1 Å². The summed E-state index contributed by atoms with van der Waals surface area (Å²) in [5.74, 6) is 0.444. The molecule has 2 heterocycles. The highest BCUT2D eigenvalue weighted by atomic mass is 79.9. The first-order chi connectivity index (χ1) is 9.92. The van der Waals surface area contributed by atoms with Gasteiger partial charge in [-0.1, -0.05) is 11.6 Å². The summed E-state index contributed by atoms with van der Waals surface area (Å²) in [5.41, 5.74) is 0. The van der Waals surface area contributed by atoms with Gasteiger partial charge in [-0.3, -0.25) is 0 Å². The van der Waals surface area contributed by atoms with Crippen molar-refractivity contribution in [3.8, 4) is 0 Å². The molecule has 0 aliphatic carbocycles. The van der Waals surface area contributed by atoms with Gasteiger partial charge in [0.15, 0.2) is 0 Å². The molecule has 2 aromatic heterocycles. The Morgan fingerprint density at radius 3 is 2.76 bits per heavy atom. The topological polar surface area (TPSA) is 71.1 Å². The summed E-state index contributed by atoms with van der Waals surface area (Å²) in [6.45, 7) is 0.320. The lowest BCUT2D eigenvalue weighted by molar-refractivity contribution is 0.581. The van der Waals surface area contributed by atoms with Crippen molar-refractivity contribution in [2.24, 2.45) is 0 Å². The number of pyridine rings is 1. The number of sulfonamides is 1. The number of rotatable bonds is 6. The van der Waals surface area contributed by atoms with Crippen LogP contribution in [0.3, 0.4) is 0 Å². The van der Waals surface area contributed by atoms with Crippen LogP contribution in [-0.2, 0) is 16.4 Å². The highest BCUT2D eigenvalue weighted by Gasteiger charge is 2.16. The van der Waals surface area contributed by atoms with Gasteiger partial charge in [-0.25, -0.2) is 18.1 Å². The Morgan fingerprint density at radius 2 is 2.19 bits per heavy atom. The molecule has 0 atom stereocenters. The third kappa shape index (κ3) is 4.40. The Labute approximate surface area is 140 Å². The van der Waals surface area contributed by atoms with Crippen molar-refractivity contribution < 1.29 is 8.42 Å². The third-order valence-corrected chi connectivity index (χ3v) is 6.06. The molecule has 0 aliphatic rings.